The second-order valence-electron chi connectivity index (χ2n) is 8.83. The van der Waals surface area contributed by atoms with Gasteiger partial charge in [-0.3, -0.25) is 4.79 Å². The molecule has 6 nitrogen and oxygen atoms in total. The van der Waals surface area contributed by atoms with Crippen LogP contribution in [0.3, 0.4) is 0 Å². The number of benzene rings is 2. The maximum atomic E-state index is 15.6. The molecule has 10 heteroatoms. The van der Waals surface area contributed by atoms with Crippen molar-refractivity contribution < 1.29 is 32.9 Å². The van der Waals surface area contributed by atoms with Crippen LogP contribution < -0.4 is 4.72 Å². The molecular weight excluding hydrogens is 457 g/mol. The summed E-state index contributed by atoms with van der Waals surface area (Å²) < 4.78 is 79.7. The van der Waals surface area contributed by atoms with Gasteiger partial charge >= 0.3 is 0 Å². The Hall–Kier alpha value is -2.43. The normalized spacial score (nSPS) is 29.1. The van der Waals surface area contributed by atoms with Crippen molar-refractivity contribution in [3.05, 3.63) is 59.7 Å². The van der Waals surface area contributed by atoms with Gasteiger partial charge in [0, 0.05) is 24.4 Å². The van der Waals surface area contributed by atoms with Gasteiger partial charge in [-0.25, -0.2) is 26.3 Å². The molecule has 2 heterocycles. The minimum atomic E-state index is -3.95. The highest BCUT2D eigenvalue weighted by atomic mass is 32.2. The van der Waals surface area contributed by atoms with Crippen molar-refractivity contribution in [2.75, 3.05) is 6.26 Å². The third kappa shape index (κ3) is 4.51. The van der Waals surface area contributed by atoms with Crippen LogP contribution in [0, 0.1) is 11.6 Å². The van der Waals surface area contributed by atoms with E-state index in [1.165, 1.54) is 0 Å². The first-order valence-electron chi connectivity index (χ1n) is 10.9. The molecule has 5 rings (SSSR count). The van der Waals surface area contributed by atoms with Gasteiger partial charge in [0.2, 0.25) is 10.0 Å². The van der Waals surface area contributed by atoms with Crippen LogP contribution in [-0.2, 0) is 21.2 Å². The van der Waals surface area contributed by atoms with Gasteiger partial charge in [0.15, 0.2) is 0 Å². The van der Waals surface area contributed by atoms with Gasteiger partial charge in [-0.1, -0.05) is 30.3 Å². The third-order valence-electron chi connectivity index (χ3n) is 6.35. The maximum absolute atomic E-state index is 15.6. The highest BCUT2D eigenvalue weighted by Gasteiger charge is 2.63. The molecule has 3 fully saturated rings. The fourth-order valence-electron chi connectivity index (χ4n) is 4.93. The summed E-state index contributed by atoms with van der Waals surface area (Å²) in [6.07, 6.45) is -2.56. The van der Waals surface area contributed by atoms with Crippen molar-refractivity contribution in [2.45, 2.75) is 56.1 Å². The summed E-state index contributed by atoms with van der Waals surface area (Å²) in [5.74, 6) is -2.61. The summed E-state index contributed by atoms with van der Waals surface area (Å²) in [5.41, 5.74) is -1.82. The van der Waals surface area contributed by atoms with Crippen LogP contribution in [0.1, 0.15) is 26.7 Å². The molecular formula is C23H25F3N2O4S. The number of aliphatic hydroxyl groups is 1. The van der Waals surface area contributed by atoms with E-state index in [-0.39, 0.29) is 24.0 Å². The van der Waals surface area contributed by atoms with E-state index in [4.69, 9.17) is 1.37 Å². The van der Waals surface area contributed by atoms with Gasteiger partial charge in [-0.05, 0) is 36.6 Å². The molecule has 2 aromatic carbocycles. The number of carbonyl (C=O) groups excluding carboxylic acids is 1. The number of halogens is 3. The zero-order valence-electron chi connectivity index (χ0n) is 19.1. The minimum absolute atomic E-state index is 0.0375. The molecule has 2 N–H and O–H groups in total. The molecule has 0 aromatic heterocycles. The Morgan fingerprint density at radius 2 is 1.94 bits per heavy atom. The van der Waals surface area contributed by atoms with Crippen molar-refractivity contribution in [1.82, 2.24) is 9.62 Å². The van der Waals surface area contributed by atoms with Crippen LogP contribution in [0.15, 0.2) is 42.5 Å². The number of sulfonamides is 1. The predicted octanol–water partition coefficient (Wildman–Crippen LogP) is 2.55. The first-order chi connectivity index (χ1) is 15.7. The highest BCUT2D eigenvalue weighted by Crippen LogP contribution is 2.50. The van der Waals surface area contributed by atoms with Crippen LogP contribution in [0.25, 0.3) is 11.1 Å². The molecule has 2 bridgehead atoms. The van der Waals surface area contributed by atoms with Crippen LogP contribution in [0.5, 0.6) is 0 Å². The Labute approximate surface area is 191 Å². The molecule has 2 aromatic rings. The van der Waals surface area contributed by atoms with E-state index in [1.54, 1.807) is 30.3 Å². The van der Waals surface area contributed by atoms with Gasteiger partial charge in [0.1, 0.15) is 23.4 Å². The summed E-state index contributed by atoms with van der Waals surface area (Å²) in [4.78, 5) is 14.0. The lowest BCUT2D eigenvalue weighted by Crippen LogP contribution is -2.77. The molecule has 33 heavy (non-hydrogen) atoms. The van der Waals surface area contributed by atoms with E-state index in [0.717, 1.165) is 30.2 Å². The van der Waals surface area contributed by atoms with Gasteiger partial charge in [0.05, 0.1) is 19.7 Å². The zero-order valence-corrected chi connectivity index (χ0v) is 18.9. The van der Waals surface area contributed by atoms with E-state index in [9.17, 15) is 22.7 Å². The number of hydrogen-bond acceptors (Lipinski definition) is 4. The lowest BCUT2D eigenvalue weighted by molar-refractivity contribution is -0.174. The summed E-state index contributed by atoms with van der Waals surface area (Å²) in [6.45, 7) is 0.942. The Bertz CT molecular complexity index is 1210. The van der Waals surface area contributed by atoms with Crippen molar-refractivity contribution in [2.24, 2.45) is 0 Å². The van der Waals surface area contributed by atoms with Gasteiger partial charge < -0.3 is 10.0 Å². The molecule has 3 atom stereocenters. The smallest absolute Gasteiger partial charge is 0.251 e. The van der Waals surface area contributed by atoms with E-state index in [0.29, 0.717) is 5.56 Å². The minimum Gasteiger partial charge on any atom is -0.384 e. The van der Waals surface area contributed by atoms with E-state index in [2.05, 4.69) is 4.72 Å². The molecule has 2 aliphatic heterocycles. The quantitative estimate of drug-likeness (QED) is 0.661. The number of rotatable bonds is 6. The highest BCUT2D eigenvalue weighted by molar-refractivity contribution is 7.88. The molecule has 0 radical (unpaired) electrons. The summed E-state index contributed by atoms with van der Waals surface area (Å²) in [5, 5.41) is 10.0. The molecule has 0 spiro atoms. The second kappa shape index (κ2) is 8.41. The Balaban J connectivity index is 1.80. The van der Waals surface area contributed by atoms with E-state index < -0.39 is 63.9 Å². The predicted molar refractivity (Wildman–Crippen MR) is 116 cm³/mol. The second-order valence-corrected chi connectivity index (χ2v) is 10.6. The topological polar surface area (TPSA) is 86.7 Å². The number of carbonyl (C=O) groups is 1. The van der Waals surface area contributed by atoms with Gasteiger partial charge in [-0.15, -0.1) is 0 Å². The standard InChI is InChI=1S/C23H25F3N2O4S/c1-13(29)22(30)28-17-11-23(26,12-17)21(27-33(2,31)32)19(28)9-15-8-16(24)10-18(20(15)25)14-6-4-3-5-7-14/h3-8,10,13,17,19,21,27,29H,9,11-12H2,1-2H3/t13?,17?,19-,21+,23?/m0/s1/i13D. The van der Waals surface area contributed by atoms with Crippen molar-refractivity contribution in [3.8, 4) is 11.1 Å². The molecule has 1 aliphatic carbocycles. The lowest BCUT2D eigenvalue weighted by Gasteiger charge is -2.61. The van der Waals surface area contributed by atoms with Gasteiger partial charge in [-0.2, -0.15) is 0 Å². The molecule has 1 amide bonds. The average Bonchev–Trinajstić information content (AvgIpc) is 2.70. The van der Waals surface area contributed by atoms with Crippen LogP contribution in [0.4, 0.5) is 13.2 Å². The summed E-state index contributed by atoms with van der Waals surface area (Å²) in [7, 11) is -3.95. The van der Waals surface area contributed by atoms with Crippen molar-refractivity contribution >= 4 is 15.9 Å². The number of nitrogens with one attached hydrogen (secondary N) is 1. The fourth-order valence-corrected chi connectivity index (χ4v) is 5.76. The third-order valence-corrected chi connectivity index (χ3v) is 7.04. The van der Waals surface area contributed by atoms with Crippen LogP contribution in [-0.4, -0.2) is 60.5 Å². The Morgan fingerprint density at radius 1 is 1.30 bits per heavy atom. The summed E-state index contributed by atoms with van der Waals surface area (Å²) in [6, 6.07) is 6.69. The van der Waals surface area contributed by atoms with Crippen molar-refractivity contribution in [1.29, 1.82) is 0 Å². The van der Waals surface area contributed by atoms with Crippen molar-refractivity contribution in [3.63, 3.8) is 0 Å². The van der Waals surface area contributed by atoms with Gasteiger partial charge in [0.25, 0.3) is 5.91 Å². The van der Waals surface area contributed by atoms with E-state index >= 15 is 8.78 Å². The molecule has 2 saturated heterocycles. The first kappa shape index (κ1) is 22.4. The number of hydrogen-bond donors (Lipinski definition) is 2. The Kier molecular flexibility index (Phi) is 5.70. The van der Waals surface area contributed by atoms with Crippen LogP contribution >= 0.6 is 0 Å². The fraction of sp³-hybridized carbons (Fsp3) is 0.435. The average molecular weight is 484 g/mol. The number of fused-ring (bicyclic) bond motifs is 2. The van der Waals surface area contributed by atoms with E-state index in [1.807, 2.05) is 0 Å². The Morgan fingerprint density at radius 3 is 2.52 bits per heavy atom. The SMILES string of the molecule is [2H]C(C)(O)C(=O)N1C2CC(F)(C2)[C@H](NS(C)(=O)=O)[C@@H]1Cc1cc(F)cc(-c2ccccc2)c1F. The van der Waals surface area contributed by atoms with Crippen LogP contribution in [0.2, 0.25) is 0 Å². The molecule has 1 saturated carbocycles. The zero-order chi connectivity index (χ0) is 25.1. The molecule has 3 aliphatic rings. The summed E-state index contributed by atoms with van der Waals surface area (Å²) >= 11 is 0. The maximum Gasteiger partial charge on any atom is 0.251 e. The monoisotopic (exact) mass is 483 g/mol. The number of alkyl halides is 1. The molecule has 178 valence electrons. The number of nitrogens with zero attached hydrogens (tertiary/aromatic N) is 1. The number of amides is 1. The largest absolute Gasteiger partial charge is 0.384 e. The number of piperidine rings is 2. The first-order valence-corrected chi connectivity index (χ1v) is 12.3. The lowest BCUT2D eigenvalue weighted by atomic mass is 9.64. The molecule has 1 unspecified atom stereocenters.